The van der Waals surface area contributed by atoms with Gasteiger partial charge in [-0.3, -0.25) is 9.59 Å². The largest absolute Gasteiger partial charge is 0.456 e. The molecule has 2 N–H and O–H groups in total. The number of carbonyl (C=O) groups is 2. The van der Waals surface area contributed by atoms with Crippen LogP contribution in [0.5, 0.6) is 11.5 Å². The van der Waals surface area contributed by atoms with Gasteiger partial charge in [-0.15, -0.1) is 0 Å². The minimum absolute atomic E-state index is 0.389. The van der Waals surface area contributed by atoms with E-state index in [0.717, 1.165) is 6.92 Å². The fraction of sp³-hybridized carbons (Fsp3) is 0.0625. The number of ether oxygens (including phenoxy) is 2. The molecule has 24 heavy (non-hydrogen) atoms. The van der Waals surface area contributed by atoms with Crippen molar-refractivity contribution in [2.45, 2.75) is 6.92 Å². The van der Waals surface area contributed by atoms with E-state index >= 15 is 0 Å². The van der Waals surface area contributed by atoms with Crippen molar-refractivity contribution in [3.8, 4) is 11.5 Å². The van der Waals surface area contributed by atoms with Crippen LogP contribution in [0, 0.1) is 0 Å². The predicted octanol–water partition coefficient (Wildman–Crippen LogP) is 3.42. The first-order valence-corrected chi connectivity index (χ1v) is 7.11. The monoisotopic (exact) mass is 348 g/mol. The molecule has 0 heterocycles. The van der Waals surface area contributed by atoms with E-state index in [-0.39, 0.29) is 0 Å². The Morgan fingerprint density at radius 1 is 1.12 bits per heavy atom. The molecule has 7 nitrogen and oxygen atoms in total. The Morgan fingerprint density at radius 2 is 1.79 bits per heavy atom. The summed E-state index contributed by atoms with van der Waals surface area (Å²) in [7, 11) is 0. The highest BCUT2D eigenvalue weighted by atomic mass is 35.5. The molecule has 2 aromatic carbocycles. The number of benzene rings is 2. The Kier molecular flexibility index (Phi) is 5.75. The van der Waals surface area contributed by atoms with Gasteiger partial charge in [-0.1, -0.05) is 23.7 Å². The van der Waals surface area contributed by atoms with Crippen LogP contribution >= 0.6 is 11.6 Å². The zero-order valence-corrected chi connectivity index (χ0v) is 13.3. The molecule has 2 rings (SSSR count). The molecule has 0 unspecified atom stereocenters. The van der Waals surface area contributed by atoms with Gasteiger partial charge >= 0.3 is 17.8 Å². The summed E-state index contributed by atoms with van der Waals surface area (Å²) >= 11 is 6.01. The van der Waals surface area contributed by atoms with Crippen molar-refractivity contribution in [3.63, 3.8) is 0 Å². The third-order valence-electron chi connectivity index (χ3n) is 2.70. The molecule has 8 heteroatoms. The summed E-state index contributed by atoms with van der Waals surface area (Å²) in [6.45, 7) is 1.08. The average molecular weight is 349 g/mol. The number of para-hydroxylation sites is 1. The smallest absolute Gasteiger partial charge is 0.324 e. The van der Waals surface area contributed by atoms with E-state index in [1.165, 1.54) is 0 Å². The van der Waals surface area contributed by atoms with Crippen molar-refractivity contribution < 1.29 is 24.3 Å². The first-order chi connectivity index (χ1) is 11.5. The standard InChI is InChI=1S/C16H13ClN2O5/c1-10(20)23-16(19-22)15(21)18-11-6-8-12(9-7-11)24-14-5-3-2-4-13(14)17/h2-9,22H,1H3,(H,18,21). The molecule has 2 aromatic rings. The SMILES string of the molecule is CC(=O)OC(=NO)C(=O)Nc1ccc(Oc2ccccc2Cl)cc1. The third-order valence-corrected chi connectivity index (χ3v) is 3.01. The van der Waals surface area contributed by atoms with Crippen LogP contribution in [-0.2, 0) is 14.3 Å². The van der Waals surface area contributed by atoms with Gasteiger partial charge in [0.05, 0.1) is 5.02 Å². The number of hydrogen-bond donors (Lipinski definition) is 2. The van der Waals surface area contributed by atoms with E-state index in [4.69, 9.17) is 21.5 Å². The predicted molar refractivity (Wildman–Crippen MR) is 87.6 cm³/mol. The van der Waals surface area contributed by atoms with Crippen molar-refractivity contribution in [2.75, 3.05) is 5.32 Å². The van der Waals surface area contributed by atoms with E-state index in [2.05, 4.69) is 15.2 Å². The maximum absolute atomic E-state index is 11.8. The number of halogens is 1. The molecular weight excluding hydrogens is 336 g/mol. The molecule has 0 aliphatic heterocycles. The summed E-state index contributed by atoms with van der Waals surface area (Å²) in [4.78, 5) is 22.6. The van der Waals surface area contributed by atoms with Crippen LogP contribution in [-0.4, -0.2) is 23.0 Å². The molecular formula is C16H13ClN2O5. The highest BCUT2D eigenvalue weighted by molar-refractivity contribution is 6.40. The Bertz CT molecular complexity index is 774. The Labute approximate surface area is 142 Å². The van der Waals surface area contributed by atoms with Crippen molar-refractivity contribution >= 4 is 35.1 Å². The number of hydrogen-bond acceptors (Lipinski definition) is 6. The molecule has 1 amide bonds. The van der Waals surface area contributed by atoms with Gasteiger partial charge < -0.3 is 20.0 Å². The van der Waals surface area contributed by atoms with E-state index in [1.54, 1.807) is 48.5 Å². The maximum Gasteiger partial charge on any atom is 0.324 e. The molecule has 0 radical (unpaired) electrons. The lowest BCUT2D eigenvalue weighted by atomic mass is 10.3. The summed E-state index contributed by atoms with van der Waals surface area (Å²) in [5, 5.41) is 14.2. The Hall–Kier alpha value is -3.06. The number of nitrogens with zero attached hydrogens (tertiary/aromatic N) is 1. The molecule has 0 aromatic heterocycles. The lowest BCUT2D eigenvalue weighted by molar-refractivity contribution is -0.134. The number of rotatable bonds is 3. The lowest BCUT2D eigenvalue weighted by Gasteiger charge is -2.09. The Morgan fingerprint density at radius 3 is 2.38 bits per heavy atom. The van der Waals surface area contributed by atoms with Gasteiger partial charge in [-0.2, -0.15) is 0 Å². The van der Waals surface area contributed by atoms with Crippen LogP contribution in [0.1, 0.15) is 6.92 Å². The summed E-state index contributed by atoms with van der Waals surface area (Å²) < 4.78 is 10.1. The normalized spacial score (nSPS) is 10.8. The first-order valence-electron chi connectivity index (χ1n) is 6.74. The number of oxime groups is 1. The molecule has 0 spiro atoms. The number of nitrogens with one attached hydrogen (secondary N) is 1. The number of carbonyl (C=O) groups excluding carboxylic acids is 2. The fourth-order valence-electron chi connectivity index (χ4n) is 1.69. The van der Waals surface area contributed by atoms with Crippen LogP contribution in [0.15, 0.2) is 53.7 Å². The van der Waals surface area contributed by atoms with Crippen LogP contribution in [0.25, 0.3) is 0 Å². The first kappa shape index (κ1) is 17.3. The molecule has 0 aliphatic carbocycles. The minimum Gasteiger partial charge on any atom is -0.456 e. The fourth-order valence-corrected chi connectivity index (χ4v) is 1.87. The molecule has 124 valence electrons. The number of anilines is 1. The summed E-state index contributed by atoms with van der Waals surface area (Å²) in [6.07, 6.45) is 0. The molecule has 0 bridgehead atoms. The van der Waals surface area contributed by atoms with Gasteiger partial charge in [0, 0.05) is 12.6 Å². The summed E-state index contributed by atoms with van der Waals surface area (Å²) in [5.41, 5.74) is 0.389. The van der Waals surface area contributed by atoms with Crippen molar-refractivity contribution in [3.05, 3.63) is 53.6 Å². The summed E-state index contributed by atoms with van der Waals surface area (Å²) in [5.74, 6) is -1.38. The average Bonchev–Trinajstić information content (AvgIpc) is 2.56. The van der Waals surface area contributed by atoms with Gasteiger partial charge in [-0.25, -0.2) is 0 Å². The lowest BCUT2D eigenvalue weighted by Crippen LogP contribution is -2.26. The third kappa shape index (κ3) is 4.72. The summed E-state index contributed by atoms with van der Waals surface area (Å²) in [6, 6.07) is 13.4. The molecule has 0 atom stereocenters. The van der Waals surface area contributed by atoms with Gasteiger partial charge in [-0.05, 0) is 41.6 Å². The van der Waals surface area contributed by atoms with Crippen molar-refractivity contribution in [1.82, 2.24) is 0 Å². The number of amides is 1. The second kappa shape index (κ2) is 7.98. The van der Waals surface area contributed by atoms with Crippen molar-refractivity contribution in [2.24, 2.45) is 5.16 Å². The zero-order valence-electron chi connectivity index (χ0n) is 12.5. The van der Waals surface area contributed by atoms with Gasteiger partial charge in [0.2, 0.25) is 0 Å². The Balaban J connectivity index is 2.03. The van der Waals surface area contributed by atoms with Crippen LogP contribution in [0.2, 0.25) is 5.02 Å². The highest BCUT2D eigenvalue weighted by Gasteiger charge is 2.16. The zero-order chi connectivity index (χ0) is 17.5. The number of esters is 1. The van der Waals surface area contributed by atoms with Crippen LogP contribution in [0.4, 0.5) is 5.69 Å². The van der Waals surface area contributed by atoms with Gasteiger partial charge in [0.1, 0.15) is 11.5 Å². The second-order valence-electron chi connectivity index (χ2n) is 4.51. The topological polar surface area (TPSA) is 97.2 Å². The molecule has 0 saturated heterocycles. The quantitative estimate of drug-likeness (QED) is 0.291. The van der Waals surface area contributed by atoms with Crippen LogP contribution < -0.4 is 10.1 Å². The van der Waals surface area contributed by atoms with E-state index in [0.29, 0.717) is 22.2 Å². The molecule has 0 fully saturated rings. The second-order valence-corrected chi connectivity index (χ2v) is 4.92. The van der Waals surface area contributed by atoms with E-state index in [1.807, 2.05) is 0 Å². The van der Waals surface area contributed by atoms with Crippen LogP contribution in [0.3, 0.4) is 0 Å². The highest BCUT2D eigenvalue weighted by Crippen LogP contribution is 2.29. The van der Waals surface area contributed by atoms with Crippen molar-refractivity contribution in [1.29, 1.82) is 0 Å². The van der Waals surface area contributed by atoms with E-state index < -0.39 is 17.8 Å². The molecule has 0 aliphatic rings. The maximum atomic E-state index is 11.8. The van der Waals surface area contributed by atoms with E-state index in [9.17, 15) is 9.59 Å². The minimum atomic E-state index is -0.868. The molecule has 0 saturated carbocycles. The van der Waals surface area contributed by atoms with Gasteiger partial charge in [0.25, 0.3) is 0 Å². The van der Waals surface area contributed by atoms with Gasteiger partial charge in [0.15, 0.2) is 0 Å².